The normalized spacial score (nSPS) is 25.3. The quantitative estimate of drug-likeness (QED) is 0.443. The van der Waals surface area contributed by atoms with Crippen molar-refractivity contribution in [3.05, 3.63) is 52.6 Å². The molecular formula is C26H31N3. The molecule has 1 aromatic rings. The Morgan fingerprint density at radius 3 is 1.79 bits per heavy atom. The van der Waals surface area contributed by atoms with Crippen LogP contribution in [-0.2, 0) is 0 Å². The van der Waals surface area contributed by atoms with Crippen LogP contribution in [-0.4, -0.2) is 13.1 Å². The van der Waals surface area contributed by atoms with Gasteiger partial charge in [-0.3, -0.25) is 0 Å². The van der Waals surface area contributed by atoms with Crippen LogP contribution in [0.4, 0.5) is 5.69 Å². The molecule has 4 rings (SSSR count). The van der Waals surface area contributed by atoms with Crippen LogP contribution in [0.2, 0.25) is 0 Å². The second kappa shape index (κ2) is 9.32. The van der Waals surface area contributed by atoms with E-state index in [2.05, 4.69) is 47.4 Å². The molecule has 1 aromatic carbocycles. The number of hydrogen-bond donors (Lipinski definition) is 0. The van der Waals surface area contributed by atoms with Gasteiger partial charge in [-0.1, -0.05) is 29.3 Å². The van der Waals surface area contributed by atoms with Gasteiger partial charge < -0.3 is 4.90 Å². The molecule has 3 nitrogen and oxygen atoms in total. The molecule has 29 heavy (non-hydrogen) atoms. The molecule has 2 aliphatic carbocycles. The van der Waals surface area contributed by atoms with E-state index in [0.717, 1.165) is 43.3 Å². The molecule has 0 bridgehead atoms. The summed E-state index contributed by atoms with van der Waals surface area (Å²) in [5.74, 6) is 1.64. The van der Waals surface area contributed by atoms with Gasteiger partial charge in [-0.15, -0.1) is 0 Å². The second-order valence-corrected chi connectivity index (χ2v) is 8.91. The Hall–Kier alpha value is -2.52. The van der Waals surface area contributed by atoms with Crippen molar-refractivity contribution in [2.24, 2.45) is 11.8 Å². The third-order valence-corrected chi connectivity index (χ3v) is 7.50. The van der Waals surface area contributed by atoms with E-state index in [-0.39, 0.29) is 0 Å². The van der Waals surface area contributed by atoms with E-state index in [1.54, 1.807) is 11.1 Å². The number of para-hydroxylation sites is 1. The molecule has 0 unspecified atom stereocenters. The number of nitrogens with zero attached hydrogens (tertiary/aromatic N) is 3. The number of nitriles is 2. The zero-order chi connectivity index (χ0) is 20.1. The SMILES string of the molecule is N#CC(C#N)=C1CCC(C2CCC(=C3CCN(c4ccccc4)CC3)CC2)CC1. The Morgan fingerprint density at radius 2 is 1.24 bits per heavy atom. The van der Waals surface area contributed by atoms with Crippen LogP contribution in [0.5, 0.6) is 0 Å². The number of piperidine rings is 1. The van der Waals surface area contributed by atoms with Crippen LogP contribution in [0.1, 0.15) is 64.2 Å². The summed E-state index contributed by atoms with van der Waals surface area (Å²) in [4.78, 5) is 2.53. The van der Waals surface area contributed by atoms with Crippen LogP contribution < -0.4 is 4.90 Å². The highest BCUT2D eigenvalue weighted by Gasteiger charge is 2.29. The topological polar surface area (TPSA) is 50.8 Å². The Labute approximate surface area is 175 Å². The van der Waals surface area contributed by atoms with Gasteiger partial charge in [0.1, 0.15) is 17.7 Å². The molecule has 0 radical (unpaired) electrons. The Morgan fingerprint density at radius 1 is 0.724 bits per heavy atom. The fourth-order valence-corrected chi connectivity index (χ4v) is 5.73. The van der Waals surface area contributed by atoms with Crippen LogP contribution in [0.15, 0.2) is 52.6 Å². The van der Waals surface area contributed by atoms with Gasteiger partial charge in [0.25, 0.3) is 0 Å². The van der Waals surface area contributed by atoms with Crippen LogP contribution in [0.3, 0.4) is 0 Å². The molecule has 1 saturated heterocycles. The number of allylic oxidation sites excluding steroid dienone is 3. The molecule has 150 valence electrons. The van der Waals surface area contributed by atoms with E-state index in [0.29, 0.717) is 5.57 Å². The number of benzene rings is 1. The minimum absolute atomic E-state index is 0.376. The summed E-state index contributed by atoms with van der Waals surface area (Å²) >= 11 is 0. The average Bonchev–Trinajstić information content (AvgIpc) is 2.81. The lowest BCUT2D eigenvalue weighted by Gasteiger charge is -2.37. The molecular weight excluding hydrogens is 354 g/mol. The summed E-state index contributed by atoms with van der Waals surface area (Å²) in [6.45, 7) is 2.31. The van der Waals surface area contributed by atoms with E-state index >= 15 is 0 Å². The third-order valence-electron chi connectivity index (χ3n) is 7.50. The lowest BCUT2D eigenvalue weighted by Crippen LogP contribution is -2.31. The molecule has 0 N–H and O–H groups in total. The Bertz CT molecular complexity index is 819. The van der Waals surface area contributed by atoms with E-state index in [1.807, 2.05) is 0 Å². The lowest BCUT2D eigenvalue weighted by atomic mass is 9.70. The molecule has 1 aliphatic heterocycles. The monoisotopic (exact) mass is 385 g/mol. The zero-order valence-electron chi connectivity index (χ0n) is 17.4. The van der Waals surface area contributed by atoms with Crippen LogP contribution in [0, 0.1) is 34.5 Å². The Balaban J connectivity index is 1.28. The van der Waals surface area contributed by atoms with Gasteiger partial charge in [0, 0.05) is 18.8 Å². The lowest BCUT2D eigenvalue weighted by molar-refractivity contribution is 0.229. The summed E-state index contributed by atoms with van der Waals surface area (Å²) in [5.41, 5.74) is 6.36. The van der Waals surface area contributed by atoms with Crippen molar-refractivity contribution >= 4 is 5.69 Å². The van der Waals surface area contributed by atoms with E-state index < -0.39 is 0 Å². The fourth-order valence-electron chi connectivity index (χ4n) is 5.73. The van der Waals surface area contributed by atoms with Crippen molar-refractivity contribution in [3.8, 4) is 12.1 Å². The van der Waals surface area contributed by atoms with Gasteiger partial charge in [0.05, 0.1) is 0 Å². The zero-order valence-corrected chi connectivity index (χ0v) is 17.4. The first-order valence-corrected chi connectivity index (χ1v) is 11.3. The summed E-state index contributed by atoms with van der Waals surface area (Å²) < 4.78 is 0. The van der Waals surface area contributed by atoms with Crippen molar-refractivity contribution in [1.82, 2.24) is 0 Å². The summed E-state index contributed by atoms with van der Waals surface area (Å²) in [6, 6.07) is 15.0. The van der Waals surface area contributed by atoms with Gasteiger partial charge in [-0.05, 0) is 93.7 Å². The molecule has 1 heterocycles. The molecule has 0 spiro atoms. The highest BCUT2D eigenvalue weighted by molar-refractivity contribution is 5.47. The van der Waals surface area contributed by atoms with Crippen molar-refractivity contribution in [1.29, 1.82) is 10.5 Å². The molecule has 0 amide bonds. The average molecular weight is 386 g/mol. The van der Waals surface area contributed by atoms with E-state index in [1.165, 1.54) is 57.1 Å². The van der Waals surface area contributed by atoms with E-state index in [4.69, 9.17) is 10.5 Å². The summed E-state index contributed by atoms with van der Waals surface area (Å²) in [6.07, 6.45) is 12.0. The predicted octanol–water partition coefficient (Wildman–Crippen LogP) is 6.31. The summed E-state index contributed by atoms with van der Waals surface area (Å²) in [5, 5.41) is 18.2. The van der Waals surface area contributed by atoms with Crippen LogP contribution in [0.25, 0.3) is 0 Å². The van der Waals surface area contributed by atoms with Crippen molar-refractivity contribution in [3.63, 3.8) is 0 Å². The number of anilines is 1. The maximum Gasteiger partial charge on any atom is 0.128 e. The number of rotatable bonds is 2. The van der Waals surface area contributed by atoms with Crippen LogP contribution >= 0.6 is 0 Å². The first-order valence-electron chi connectivity index (χ1n) is 11.3. The molecule has 2 saturated carbocycles. The predicted molar refractivity (Wildman–Crippen MR) is 117 cm³/mol. The standard InChI is InChI=1S/C26H31N3/c27-18-25(19-28)23-12-10-21(11-13-23)20-6-8-22(9-7-20)24-14-16-29(17-15-24)26-4-2-1-3-5-26/h1-5,20-21H,6-17H2. The number of hydrogen-bond acceptors (Lipinski definition) is 3. The van der Waals surface area contributed by atoms with Gasteiger partial charge in [0.15, 0.2) is 0 Å². The molecule has 0 aromatic heterocycles. The molecule has 3 heteroatoms. The minimum atomic E-state index is 0.376. The van der Waals surface area contributed by atoms with Gasteiger partial charge in [0.2, 0.25) is 0 Å². The maximum atomic E-state index is 9.09. The third kappa shape index (κ3) is 4.56. The fraction of sp³-hybridized carbons (Fsp3) is 0.538. The molecule has 3 aliphatic rings. The minimum Gasteiger partial charge on any atom is -0.371 e. The first-order chi connectivity index (χ1) is 14.3. The van der Waals surface area contributed by atoms with Gasteiger partial charge in [-0.2, -0.15) is 10.5 Å². The van der Waals surface area contributed by atoms with Crippen molar-refractivity contribution < 1.29 is 0 Å². The van der Waals surface area contributed by atoms with Crippen molar-refractivity contribution in [2.75, 3.05) is 18.0 Å². The smallest absolute Gasteiger partial charge is 0.128 e. The highest BCUT2D eigenvalue weighted by Crippen LogP contribution is 2.43. The molecule has 0 atom stereocenters. The summed E-state index contributed by atoms with van der Waals surface area (Å²) in [7, 11) is 0. The van der Waals surface area contributed by atoms with Gasteiger partial charge in [-0.25, -0.2) is 0 Å². The van der Waals surface area contributed by atoms with Crippen molar-refractivity contribution in [2.45, 2.75) is 64.2 Å². The van der Waals surface area contributed by atoms with E-state index in [9.17, 15) is 0 Å². The molecule has 3 fully saturated rings. The highest BCUT2D eigenvalue weighted by atomic mass is 15.1. The first kappa shape index (κ1) is 19.8. The Kier molecular flexibility index (Phi) is 6.36. The van der Waals surface area contributed by atoms with Gasteiger partial charge >= 0.3 is 0 Å². The largest absolute Gasteiger partial charge is 0.371 e. The second-order valence-electron chi connectivity index (χ2n) is 8.91. The maximum absolute atomic E-state index is 9.09.